The second-order valence-electron chi connectivity index (χ2n) is 6.73. The van der Waals surface area contributed by atoms with Crippen LogP contribution >= 0.6 is 11.3 Å². The summed E-state index contributed by atoms with van der Waals surface area (Å²) >= 11 is 1.84. The van der Waals surface area contributed by atoms with Crippen LogP contribution in [-0.4, -0.2) is 41.1 Å². The molecule has 5 nitrogen and oxygen atoms in total. The Morgan fingerprint density at radius 2 is 2.20 bits per heavy atom. The van der Waals surface area contributed by atoms with Crippen LogP contribution in [0.15, 0.2) is 24.7 Å². The molecule has 1 fully saturated rings. The summed E-state index contributed by atoms with van der Waals surface area (Å²) in [4.78, 5) is 13.8. The molecule has 0 N–H and O–H groups in total. The van der Waals surface area contributed by atoms with Gasteiger partial charge in [0.15, 0.2) is 0 Å². The zero-order valence-corrected chi connectivity index (χ0v) is 15.1. The molecule has 130 valence electrons. The fourth-order valence-corrected chi connectivity index (χ4v) is 5.10. The Kier molecular flexibility index (Phi) is 4.80. The third-order valence-corrected chi connectivity index (χ3v) is 6.47. The van der Waals surface area contributed by atoms with Gasteiger partial charge in [-0.3, -0.25) is 9.97 Å². The van der Waals surface area contributed by atoms with E-state index in [4.69, 9.17) is 10.00 Å². The molecular weight excluding hydrogens is 332 g/mol. The average molecular weight is 354 g/mol. The van der Waals surface area contributed by atoms with Crippen molar-refractivity contribution in [1.82, 2.24) is 14.9 Å². The number of hydrogen-bond donors (Lipinski definition) is 0. The molecule has 1 saturated heterocycles. The molecule has 4 rings (SSSR count). The van der Waals surface area contributed by atoms with Crippen LogP contribution in [0.5, 0.6) is 0 Å². The fourth-order valence-electron chi connectivity index (χ4n) is 3.90. The maximum atomic E-state index is 8.70. The van der Waals surface area contributed by atoms with Gasteiger partial charge in [-0.05, 0) is 37.4 Å². The van der Waals surface area contributed by atoms with Gasteiger partial charge in [-0.2, -0.15) is 5.26 Å². The predicted molar refractivity (Wildman–Crippen MR) is 97.2 cm³/mol. The van der Waals surface area contributed by atoms with Crippen molar-refractivity contribution in [3.8, 4) is 16.6 Å². The normalized spacial score (nSPS) is 19.5. The summed E-state index contributed by atoms with van der Waals surface area (Å²) in [5.41, 5.74) is 2.20. The lowest BCUT2D eigenvalue weighted by Crippen LogP contribution is -2.46. The number of unbranched alkanes of at least 4 members (excludes halogenated alkanes) is 1. The van der Waals surface area contributed by atoms with Crippen molar-refractivity contribution >= 4 is 11.3 Å². The van der Waals surface area contributed by atoms with E-state index in [0.717, 1.165) is 57.6 Å². The van der Waals surface area contributed by atoms with Gasteiger partial charge in [0.05, 0.1) is 35.0 Å². The van der Waals surface area contributed by atoms with Crippen LogP contribution in [0, 0.1) is 11.3 Å². The van der Waals surface area contributed by atoms with Gasteiger partial charge in [0.1, 0.15) is 0 Å². The molecule has 0 aromatic carbocycles. The first-order valence-corrected chi connectivity index (χ1v) is 9.75. The molecule has 0 unspecified atom stereocenters. The second kappa shape index (κ2) is 7.20. The Balaban J connectivity index is 1.52. The number of nitriles is 1. The van der Waals surface area contributed by atoms with Gasteiger partial charge in [0.2, 0.25) is 0 Å². The molecule has 0 atom stereocenters. The Morgan fingerprint density at radius 3 is 2.96 bits per heavy atom. The van der Waals surface area contributed by atoms with E-state index >= 15 is 0 Å². The Bertz CT molecular complexity index is 759. The molecule has 0 bridgehead atoms. The molecule has 0 radical (unpaired) electrons. The third-order valence-electron chi connectivity index (χ3n) is 5.25. The van der Waals surface area contributed by atoms with E-state index in [0.29, 0.717) is 6.42 Å². The monoisotopic (exact) mass is 354 g/mol. The minimum absolute atomic E-state index is 0.129. The SMILES string of the molecule is N#CCCCN1CCC2(CC1)OCCc1sc(-c3cnccn3)cc12. The lowest BCUT2D eigenvalue weighted by atomic mass is 9.82. The number of hydrogen-bond acceptors (Lipinski definition) is 6. The van der Waals surface area contributed by atoms with E-state index in [1.165, 1.54) is 15.3 Å². The van der Waals surface area contributed by atoms with E-state index in [2.05, 4.69) is 27.0 Å². The molecule has 4 heterocycles. The summed E-state index contributed by atoms with van der Waals surface area (Å²) < 4.78 is 6.35. The second-order valence-corrected chi connectivity index (χ2v) is 7.87. The van der Waals surface area contributed by atoms with Crippen molar-refractivity contribution in [3.63, 3.8) is 0 Å². The number of nitrogens with zero attached hydrogens (tertiary/aromatic N) is 4. The number of rotatable bonds is 4. The van der Waals surface area contributed by atoms with Gasteiger partial charge >= 0.3 is 0 Å². The van der Waals surface area contributed by atoms with Crippen LogP contribution in [0.2, 0.25) is 0 Å². The van der Waals surface area contributed by atoms with Crippen LogP contribution < -0.4 is 0 Å². The van der Waals surface area contributed by atoms with Gasteiger partial charge in [-0.25, -0.2) is 0 Å². The molecule has 0 aliphatic carbocycles. The predicted octanol–water partition coefficient (Wildman–Crippen LogP) is 3.37. The first-order valence-electron chi connectivity index (χ1n) is 8.94. The standard InChI is InChI=1S/C19H22N4OS/c20-6-1-2-9-23-10-4-19(5-11-23)15-13-18(16-14-21-7-8-22-16)25-17(15)3-12-24-19/h7-8,13-14H,1-5,9-12H2. The van der Waals surface area contributed by atoms with Crippen molar-refractivity contribution < 1.29 is 4.74 Å². The number of fused-ring (bicyclic) bond motifs is 2. The highest BCUT2D eigenvalue weighted by molar-refractivity contribution is 7.15. The lowest BCUT2D eigenvalue weighted by Gasteiger charge is -2.44. The summed E-state index contributed by atoms with van der Waals surface area (Å²) in [7, 11) is 0. The molecule has 2 aromatic heterocycles. The van der Waals surface area contributed by atoms with Crippen LogP contribution in [0.1, 0.15) is 36.1 Å². The number of likely N-dealkylation sites (tertiary alicyclic amines) is 1. The number of thiophene rings is 1. The minimum Gasteiger partial charge on any atom is -0.370 e. The van der Waals surface area contributed by atoms with Crippen LogP contribution in [0.25, 0.3) is 10.6 Å². The highest BCUT2D eigenvalue weighted by Crippen LogP contribution is 2.46. The van der Waals surface area contributed by atoms with Crippen molar-refractivity contribution in [3.05, 3.63) is 35.1 Å². The lowest BCUT2D eigenvalue weighted by molar-refractivity contribution is -0.0970. The fraction of sp³-hybridized carbons (Fsp3) is 0.526. The third kappa shape index (κ3) is 3.32. The molecule has 2 aliphatic rings. The first kappa shape index (κ1) is 16.6. The molecule has 2 aromatic rings. The topological polar surface area (TPSA) is 62.0 Å². The zero-order valence-electron chi connectivity index (χ0n) is 14.3. The molecular formula is C19H22N4OS. The van der Waals surface area contributed by atoms with Gasteiger partial charge < -0.3 is 9.64 Å². The van der Waals surface area contributed by atoms with Gasteiger partial charge in [-0.1, -0.05) is 0 Å². The average Bonchev–Trinajstić information content (AvgIpc) is 3.11. The summed E-state index contributed by atoms with van der Waals surface area (Å²) in [6, 6.07) is 4.52. The minimum atomic E-state index is -0.129. The summed E-state index contributed by atoms with van der Waals surface area (Å²) in [5.74, 6) is 0. The Hall–Kier alpha value is -1.81. The Labute approximate surface area is 152 Å². The molecule has 6 heteroatoms. The van der Waals surface area contributed by atoms with E-state index < -0.39 is 0 Å². The van der Waals surface area contributed by atoms with Crippen molar-refractivity contribution in [2.45, 2.75) is 37.7 Å². The first-order chi connectivity index (χ1) is 12.3. The van der Waals surface area contributed by atoms with Crippen molar-refractivity contribution in [1.29, 1.82) is 5.26 Å². The zero-order chi connectivity index (χ0) is 17.1. The molecule has 2 aliphatic heterocycles. The number of piperidine rings is 1. The van der Waals surface area contributed by atoms with E-state index in [1.54, 1.807) is 12.4 Å². The largest absolute Gasteiger partial charge is 0.370 e. The van der Waals surface area contributed by atoms with Gasteiger partial charge in [0.25, 0.3) is 0 Å². The van der Waals surface area contributed by atoms with Crippen LogP contribution in [0.3, 0.4) is 0 Å². The maximum absolute atomic E-state index is 8.70. The van der Waals surface area contributed by atoms with Crippen LogP contribution in [-0.2, 0) is 16.8 Å². The van der Waals surface area contributed by atoms with E-state index in [9.17, 15) is 0 Å². The number of aromatic nitrogens is 2. The van der Waals surface area contributed by atoms with Gasteiger partial charge in [-0.15, -0.1) is 11.3 Å². The quantitative estimate of drug-likeness (QED) is 0.788. The van der Waals surface area contributed by atoms with Gasteiger partial charge in [0, 0.05) is 43.2 Å². The Morgan fingerprint density at radius 1 is 1.32 bits per heavy atom. The molecule has 1 spiro atoms. The highest BCUT2D eigenvalue weighted by atomic mass is 32.1. The molecule has 0 amide bonds. The number of ether oxygens (including phenoxy) is 1. The van der Waals surface area contributed by atoms with E-state index in [1.807, 2.05) is 17.5 Å². The van der Waals surface area contributed by atoms with Crippen LogP contribution in [0.4, 0.5) is 0 Å². The highest BCUT2D eigenvalue weighted by Gasteiger charge is 2.41. The smallest absolute Gasteiger partial charge is 0.0984 e. The van der Waals surface area contributed by atoms with Crippen molar-refractivity contribution in [2.75, 3.05) is 26.2 Å². The summed E-state index contributed by atoms with van der Waals surface area (Å²) in [5, 5.41) is 8.70. The van der Waals surface area contributed by atoms with Crippen molar-refractivity contribution in [2.24, 2.45) is 0 Å². The summed E-state index contributed by atoms with van der Waals surface area (Å²) in [6.45, 7) is 3.91. The van der Waals surface area contributed by atoms with E-state index in [-0.39, 0.29) is 5.60 Å². The maximum Gasteiger partial charge on any atom is 0.0984 e. The summed E-state index contributed by atoms with van der Waals surface area (Å²) in [6.07, 6.45) is 9.96. The molecule has 0 saturated carbocycles. The molecule has 25 heavy (non-hydrogen) atoms.